The summed E-state index contributed by atoms with van der Waals surface area (Å²) in [6.07, 6.45) is -9.13. The van der Waals surface area contributed by atoms with Crippen molar-refractivity contribution in [3.05, 3.63) is 81.3 Å². The van der Waals surface area contributed by atoms with Gasteiger partial charge in [-0.25, -0.2) is 4.79 Å². The number of anilines is 2. The van der Waals surface area contributed by atoms with E-state index in [4.69, 9.17) is 4.74 Å². The van der Waals surface area contributed by atoms with Crippen LogP contribution in [0.3, 0.4) is 0 Å². The molecule has 2 saturated heterocycles. The summed E-state index contributed by atoms with van der Waals surface area (Å²) in [5.74, 6) is -1.80. The van der Waals surface area contributed by atoms with Gasteiger partial charge in [0.15, 0.2) is 0 Å². The van der Waals surface area contributed by atoms with Gasteiger partial charge in [0.2, 0.25) is 15.3 Å². The number of amides is 2. The highest BCUT2D eigenvalue weighted by molar-refractivity contribution is 7.17. The third kappa shape index (κ3) is 9.09. The van der Waals surface area contributed by atoms with E-state index in [0.29, 0.717) is 44.4 Å². The molecule has 2 aromatic carbocycles. The average molecular weight is 757 g/mol. The van der Waals surface area contributed by atoms with E-state index in [1.807, 2.05) is 9.80 Å². The largest absolute Gasteiger partial charge is 0.461 e. The Balaban J connectivity index is 0.000000201. The molecule has 20 heteroatoms. The van der Waals surface area contributed by atoms with E-state index in [0.717, 1.165) is 28.6 Å². The van der Waals surface area contributed by atoms with Crippen LogP contribution in [0.4, 0.5) is 36.6 Å². The Morgan fingerprint density at radius 1 is 0.686 bits per heavy atom. The van der Waals surface area contributed by atoms with Gasteiger partial charge in [0, 0.05) is 52.4 Å². The fourth-order valence-corrected chi connectivity index (χ4v) is 6.70. The Hall–Kier alpha value is -4.85. The number of benzene rings is 2. The van der Waals surface area contributed by atoms with Gasteiger partial charge in [-0.2, -0.15) is 26.3 Å². The molecule has 2 aliphatic rings. The SMILES string of the molecule is CCOC(=O)c1nnc(N2CCN(C(=O)c3ccccc3C(F)(F)F)CC2)s1.O=C(c1ccccc1C(F)(F)F)N1CCN(c2nncs2)CC1. The molecule has 4 heterocycles. The summed E-state index contributed by atoms with van der Waals surface area (Å²) < 4.78 is 83.4. The van der Waals surface area contributed by atoms with Crippen LogP contribution in [0.5, 0.6) is 0 Å². The average Bonchev–Trinajstić information content (AvgIpc) is 3.85. The van der Waals surface area contributed by atoms with Crippen molar-refractivity contribution in [3.8, 4) is 0 Å². The number of ether oxygens (including phenoxy) is 1. The highest BCUT2D eigenvalue weighted by Crippen LogP contribution is 2.34. The first-order valence-corrected chi connectivity index (χ1v) is 17.1. The van der Waals surface area contributed by atoms with E-state index in [-0.39, 0.29) is 35.8 Å². The quantitative estimate of drug-likeness (QED) is 0.191. The van der Waals surface area contributed by atoms with Crippen LogP contribution >= 0.6 is 22.7 Å². The van der Waals surface area contributed by atoms with Crippen LogP contribution in [0.15, 0.2) is 54.0 Å². The van der Waals surface area contributed by atoms with Crippen LogP contribution in [0.2, 0.25) is 0 Å². The molecule has 0 aliphatic carbocycles. The smallest absolute Gasteiger partial charge is 0.417 e. The van der Waals surface area contributed by atoms with Gasteiger partial charge in [0.1, 0.15) is 5.51 Å². The van der Waals surface area contributed by atoms with Crippen LogP contribution in [0.1, 0.15) is 48.6 Å². The maximum absolute atomic E-state index is 13.2. The summed E-state index contributed by atoms with van der Waals surface area (Å²) in [7, 11) is 0. The number of carbonyl (C=O) groups is 3. The lowest BCUT2D eigenvalue weighted by molar-refractivity contribution is -0.138. The van der Waals surface area contributed by atoms with Crippen LogP contribution in [-0.2, 0) is 17.1 Å². The molecule has 0 saturated carbocycles. The van der Waals surface area contributed by atoms with E-state index in [2.05, 4.69) is 20.4 Å². The second-order valence-electron chi connectivity index (χ2n) is 11.0. The van der Waals surface area contributed by atoms with E-state index >= 15 is 0 Å². The maximum atomic E-state index is 13.2. The molecule has 2 amide bonds. The molecular weight excluding hydrogens is 727 g/mol. The van der Waals surface area contributed by atoms with Gasteiger partial charge in [-0.05, 0) is 31.2 Å². The molecule has 0 bridgehead atoms. The Labute approximate surface area is 295 Å². The first-order valence-electron chi connectivity index (χ1n) is 15.5. The topological polar surface area (TPSA) is 125 Å². The third-order valence-corrected chi connectivity index (χ3v) is 9.53. The Kier molecular flexibility index (Phi) is 11.7. The number of esters is 1. The number of nitrogens with zero attached hydrogens (tertiary/aromatic N) is 8. The minimum absolute atomic E-state index is 0.134. The summed E-state index contributed by atoms with van der Waals surface area (Å²) >= 11 is 2.47. The van der Waals surface area contributed by atoms with Gasteiger partial charge in [-0.1, -0.05) is 46.9 Å². The Morgan fingerprint density at radius 3 is 1.59 bits per heavy atom. The van der Waals surface area contributed by atoms with Crippen molar-refractivity contribution in [1.29, 1.82) is 0 Å². The zero-order valence-electron chi connectivity index (χ0n) is 26.9. The fraction of sp³-hybridized carbons (Fsp3) is 0.387. The Morgan fingerprint density at radius 2 is 1.16 bits per heavy atom. The van der Waals surface area contributed by atoms with E-state index in [1.54, 1.807) is 12.4 Å². The second kappa shape index (κ2) is 16.0. The summed E-state index contributed by atoms with van der Waals surface area (Å²) in [5, 5.41) is 16.9. The lowest BCUT2D eigenvalue weighted by atomic mass is 10.1. The molecule has 12 nitrogen and oxygen atoms in total. The van der Waals surface area contributed by atoms with Gasteiger partial charge < -0.3 is 24.3 Å². The molecule has 0 spiro atoms. The van der Waals surface area contributed by atoms with Crippen LogP contribution in [0.25, 0.3) is 0 Å². The van der Waals surface area contributed by atoms with Crippen molar-refractivity contribution in [2.75, 3.05) is 68.8 Å². The molecule has 0 radical (unpaired) electrons. The molecule has 2 aromatic heterocycles. The molecule has 0 atom stereocenters. The van der Waals surface area contributed by atoms with Crippen molar-refractivity contribution in [2.24, 2.45) is 0 Å². The first-order chi connectivity index (χ1) is 24.3. The summed E-state index contributed by atoms with van der Waals surface area (Å²) in [6, 6.07) is 9.65. The third-order valence-electron chi connectivity index (χ3n) is 7.81. The van der Waals surface area contributed by atoms with Gasteiger partial charge >= 0.3 is 18.3 Å². The molecule has 272 valence electrons. The molecule has 51 heavy (non-hydrogen) atoms. The standard InChI is InChI=1S/C17H17F3N4O3S.C14H13F3N4OS/c1-2-27-15(26)13-21-22-16(28-13)24-9-7-23(8-10-24)14(25)11-5-3-4-6-12(11)17(18,19)20;15-14(16,17)11-4-2-1-3-10(11)12(22)20-5-7-21(8-6-20)13-19-18-9-23-13/h3-6H,2,7-10H2,1H3;1-4,9H,5-8H2. The summed E-state index contributed by atoms with van der Waals surface area (Å²) in [6.45, 7) is 4.88. The van der Waals surface area contributed by atoms with Crippen LogP contribution in [-0.4, -0.2) is 107 Å². The molecule has 6 rings (SSSR count). The predicted molar refractivity (Wildman–Crippen MR) is 175 cm³/mol. The monoisotopic (exact) mass is 756 g/mol. The Bertz CT molecular complexity index is 1810. The minimum atomic E-state index is -4.59. The number of piperazine rings is 2. The van der Waals surface area contributed by atoms with Gasteiger partial charge in [0.25, 0.3) is 11.8 Å². The number of carbonyl (C=O) groups excluding carboxylic acids is 3. The number of aromatic nitrogens is 4. The molecule has 0 unspecified atom stereocenters. The van der Waals surface area contributed by atoms with Crippen molar-refractivity contribution in [2.45, 2.75) is 19.3 Å². The van der Waals surface area contributed by atoms with Crippen molar-refractivity contribution in [1.82, 2.24) is 30.2 Å². The van der Waals surface area contributed by atoms with Gasteiger partial charge in [-0.3, -0.25) is 9.59 Å². The lowest BCUT2D eigenvalue weighted by Gasteiger charge is -2.34. The lowest BCUT2D eigenvalue weighted by Crippen LogP contribution is -2.49. The molecule has 2 aliphatic heterocycles. The van der Waals surface area contributed by atoms with Gasteiger partial charge in [-0.15, -0.1) is 20.4 Å². The zero-order chi connectivity index (χ0) is 36.8. The van der Waals surface area contributed by atoms with Crippen molar-refractivity contribution >= 4 is 50.7 Å². The van der Waals surface area contributed by atoms with E-state index < -0.39 is 41.3 Å². The normalized spacial score (nSPS) is 15.3. The van der Waals surface area contributed by atoms with Crippen LogP contribution in [0, 0.1) is 0 Å². The minimum Gasteiger partial charge on any atom is -0.461 e. The van der Waals surface area contributed by atoms with E-state index in [9.17, 15) is 40.7 Å². The predicted octanol–water partition coefficient (Wildman–Crippen LogP) is 5.22. The van der Waals surface area contributed by atoms with Gasteiger partial charge in [0.05, 0.1) is 28.9 Å². The number of halogens is 6. The highest BCUT2D eigenvalue weighted by Gasteiger charge is 2.38. The molecular formula is C31H30F6N8O4S2. The van der Waals surface area contributed by atoms with E-state index in [1.165, 1.54) is 57.5 Å². The number of alkyl halides is 6. The first kappa shape index (κ1) is 37.4. The van der Waals surface area contributed by atoms with Crippen molar-refractivity contribution < 1.29 is 45.5 Å². The maximum Gasteiger partial charge on any atom is 0.417 e. The molecule has 4 aromatic rings. The highest BCUT2D eigenvalue weighted by atomic mass is 32.1. The summed E-state index contributed by atoms with van der Waals surface area (Å²) in [4.78, 5) is 43.3. The fourth-order valence-electron chi connectivity index (χ4n) is 5.30. The number of rotatable bonds is 6. The zero-order valence-corrected chi connectivity index (χ0v) is 28.5. The van der Waals surface area contributed by atoms with Crippen molar-refractivity contribution in [3.63, 3.8) is 0 Å². The number of hydrogen-bond acceptors (Lipinski definition) is 12. The second-order valence-corrected chi connectivity index (χ2v) is 12.7. The molecule has 2 fully saturated rings. The summed E-state index contributed by atoms with van der Waals surface area (Å²) in [5.41, 5.74) is -0.873. The number of hydrogen-bond donors (Lipinski definition) is 0. The van der Waals surface area contributed by atoms with Crippen LogP contribution < -0.4 is 9.80 Å². The molecule has 0 N–H and O–H groups in total.